The maximum absolute atomic E-state index is 13.3. The van der Waals surface area contributed by atoms with Gasteiger partial charge in [-0.2, -0.15) is 39.5 Å². The van der Waals surface area contributed by atoms with Gasteiger partial charge < -0.3 is 5.32 Å². The fourth-order valence-electron chi connectivity index (χ4n) is 1.55. The number of alkyl halides is 9. The van der Waals surface area contributed by atoms with E-state index in [1.54, 1.807) is 6.92 Å². The number of carbonyl (C=O) groups is 1. The highest BCUT2D eigenvalue weighted by Gasteiger charge is 2.83. The van der Waals surface area contributed by atoms with E-state index in [1.807, 2.05) is 0 Å². The number of amides is 1. The maximum Gasteiger partial charge on any atom is 0.460 e. The summed E-state index contributed by atoms with van der Waals surface area (Å²) in [4.78, 5) is 11.2. The van der Waals surface area contributed by atoms with E-state index in [0.717, 1.165) is 12.1 Å². The van der Waals surface area contributed by atoms with Gasteiger partial charge in [0.05, 0.1) is 0 Å². The molecule has 0 aliphatic heterocycles. The van der Waals surface area contributed by atoms with Crippen molar-refractivity contribution >= 4 is 11.6 Å². The molecule has 1 aromatic carbocycles. The molecule has 0 heterocycles. The van der Waals surface area contributed by atoms with Crippen LogP contribution in [0.15, 0.2) is 24.3 Å². The predicted molar refractivity (Wildman–Crippen MR) is 65.3 cm³/mol. The Kier molecular flexibility index (Phi) is 5.17. The largest absolute Gasteiger partial charge is 0.460 e. The van der Waals surface area contributed by atoms with Crippen molar-refractivity contribution in [2.45, 2.75) is 37.3 Å². The predicted octanol–water partition coefficient (Wildman–Crippen LogP) is 4.66. The highest BCUT2D eigenvalue weighted by Crippen LogP contribution is 2.53. The van der Waals surface area contributed by atoms with Crippen LogP contribution in [0.25, 0.3) is 0 Å². The molecule has 0 radical (unpaired) electrons. The molecular weight excluding hydrogens is 357 g/mol. The maximum atomic E-state index is 13.3. The zero-order valence-electron chi connectivity index (χ0n) is 11.8. The fourth-order valence-corrected chi connectivity index (χ4v) is 1.55. The highest BCUT2D eigenvalue weighted by atomic mass is 19.4. The molecular formula is C13H10F9NO. The second-order valence-corrected chi connectivity index (χ2v) is 4.73. The van der Waals surface area contributed by atoms with Crippen molar-refractivity contribution in [1.82, 2.24) is 0 Å². The van der Waals surface area contributed by atoms with Crippen molar-refractivity contribution in [3.8, 4) is 0 Å². The Morgan fingerprint density at radius 3 is 1.71 bits per heavy atom. The first-order valence-electron chi connectivity index (χ1n) is 6.29. The molecule has 0 aliphatic carbocycles. The van der Waals surface area contributed by atoms with Gasteiger partial charge in [0.1, 0.15) is 0 Å². The average molecular weight is 367 g/mol. The molecule has 0 saturated heterocycles. The molecule has 24 heavy (non-hydrogen) atoms. The van der Waals surface area contributed by atoms with E-state index in [9.17, 15) is 44.3 Å². The number of nitrogens with one attached hydrogen (secondary N) is 1. The van der Waals surface area contributed by atoms with Gasteiger partial charge in [-0.05, 0) is 24.1 Å². The minimum absolute atomic E-state index is 0.469. The van der Waals surface area contributed by atoms with Gasteiger partial charge in [0.15, 0.2) is 0 Å². The van der Waals surface area contributed by atoms with Gasteiger partial charge in [0, 0.05) is 5.69 Å². The third-order valence-corrected chi connectivity index (χ3v) is 3.05. The van der Waals surface area contributed by atoms with Gasteiger partial charge in [-0.25, -0.2) is 0 Å². The molecule has 1 aromatic rings. The van der Waals surface area contributed by atoms with E-state index >= 15 is 0 Å². The van der Waals surface area contributed by atoms with Crippen LogP contribution >= 0.6 is 0 Å². The summed E-state index contributed by atoms with van der Waals surface area (Å²) in [6.07, 6.45) is -6.46. The van der Waals surface area contributed by atoms with Gasteiger partial charge in [-0.15, -0.1) is 0 Å². The molecule has 0 unspecified atom stereocenters. The number of hydrogen-bond donors (Lipinski definition) is 1. The summed E-state index contributed by atoms with van der Waals surface area (Å²) in [7, 11) is 0. The molecule has 1 N–H and O–H groups in total. The molecule has 0 atom stereocenters. The molecule has 2 nitrogen and oxygen atoms in total. The van der Waals surface area contributed by atoms with E-state index in [4.69, 9.17) is 0 Å². The minimum Gasteiger partial charge on any atom is -0.321 e. The fraction of sp³-hybridized carbons (Fsp3) is 0.462. The average Bonchev–Trinajstić information content (AvgIpc) is 2.46. The minimum atomic E-state index is -7.10. The standard InChI is InChI=1S/C13H10F9NO/c1-2-7-3-5-8(6-4-7)23-9(24)10(14,15)11(16,17)12(18,19)13(20,21)22/h3-6H,2H2,1H3,(H,23,24). The number of halogens is 9. The summed E-state index contributed by atoms with van der Waals surface area (Å²) in [5.41, 5.74) is 0.205. The number of aryl methyl sites for hydroxylation is 1. The van der Waals surface area contributed by atoms with Crippen LogP contribution in [0.5, 0.6) is 0 Å². The molecule has 0 aromatic heterocycles. The van der Waals surface area contributed by atoms with Gasteiger partial charge in [0.2, 0.25) is 0 Å². The first-order chi connectivity index (χ1) is 10.7. The Morgan fingerprint density at radius 1 is 0.875 bits per heavy atom. The zero-order chi connectivity index (χ0) is 19.0. The molecule has 0 saturated carbocycles. The quantitative estimate of drug-likeness (QED) is 0.754. The molecule has 1 rings (SSSR count). The number of rotatable bonds is 5. The number of anilines is 1. The first kappa shape index (κ1) is 20.1. The highest BCUT2D eigenvalue weighted by molar-refractivity contribution is 5.97. The van der Waals surface area contributed by atoms with Crippen LogP contribution in [0.2, 0.25) is 0 Å². The van der Waals surface area contributed by atoms with E-state index in [1.165, 1.54) is 17.4 Å². The van der Waals surface area contributed by atoms with Crippen molar-refractivity contribution in [1.29, 1.82) is 0 Å². The van der Waals surface area contributed by atoms with Crippen LogP contribution in [0.4, 0.5) is 45.2 Å². The van der Waals surface area contributed by atoms with Gasteiger partial charge in [0.25, 0.3) is 0 Å². The molecule has 136 valence electrons. The Hall–Kier alpha value is -1.94. The summed E-state index contributed by atoms with van der Waals surface area (Å²) < 4.78 is 114. The third-order valence-electron chi connectivity index (χ3n) is 3.05. The van der Waals surface area contributed by atoms with Crippen LogP contribution in [0, 0.1) is 0 Å². The van der Waals surface area contributed by atoms with Crippen molar-refractivity contribution < 1.29 is 44.3 Å². The second-order valence-electron chi connectivity index (χ2n) is 4.73. The lowest BCUT2D eigenvalue weighted by Crippen LogP contribution is -2.64. The Balaban J connectivity index is 3.10. The number of carbonyl (C=O) groups excluding carboxylic acids is 1. The smallest absolute Gasteiger partial charge is 0.321 e. The summed E-state index contributed by atoms with van der Waals surface area (Å²) >= 11 is 0. The monoisotopic (exact) mass is 367 g/mol. The van der Waals surface area contributed by atoms with Crippen molar-refractivity contribution in [3.05, 3.63) is 29.8 Å². The topological polar surface area (TPSA) is 29.1 Å². The van der Waals surface area contributed by atoms with Gasteiger partial charge in [-0.1, -0.05) is 19.1 Å². The van der Waals surface area contributed by atoms with E-state index in [0.29, 0.717) is 12.0 Å². The Bertz CT molecular complexity index is 592. The van der Waals surface area contributed by atoms with Crippen LogP contribution in [-0.4, -0.2) is 29.9 Å². The van der Waals surface area contributed by atoms with Crippen LogP contribution in [0.1, 0.15) is 12.5 Å². The van der Waals surface area contributed by atoms with Crippen LogP contribution < -0.4 is 5.32 Å². The van der Waals surface area contributed by atoms with Crippen molar-refractivity contribution in [3.63, 3.8) is 0 Å². The normalized spacial score (nSPS) is 13.8. The summed E-state index contributed by atoms with van der Waals surface area (Å²) in [5, 5.41) is 1.19. The van der Waals surface area contributed by atoms with Crippen molar-refractivity contribution in [2.24, 2.45) is 0 Å². The van der Waals surface area contributed by atoms with E-state index in [-0.39, 0.29) is 0 Å². The summed E-state index contributed by atoms with van der Waals surface area (Å²) in [6.45, 7) is 1.72. The molecule has 11 heteroatoms. The van der Waals surface area contributed by atoms with Crippen LogP contribution in [0.3, 0.4) is 0 Å². The molecule has 0 bridgehead atoms. The Morgan fingerprint density at radius 2 is 1.33 bits per heavy atom. The lowest BCUT2D eigenvalue weighted by Gasteiger charge is -2.32. The van der Waals surface area contributed by atoms with Crippen molar-refractivity contribution in [2.75, 3.05) is 5.32 Å². The number of benzene rings is 1. The molecule has 0 fully saturated rings. The number of hydrogen-bond acceptors (Lipinski definition) is 1. The zero-order valence-corrected chi connectivity index (χ0v) is 11.8. The Labute approximate surface area is 129 Å². The van der Waals surface area contributed by atoms with Crippen LogP contribution in [-0.2, 0) is 11.2 Å². The molecule has 0 aliphatic rings. The molecule has 1 amide bonds. The molecule has 0 spiro atoms. The first-order valence-corrected chi connectivity index (χ1v) is 6.29. The lowest BCUT2D eigenvalue weighted by atomic mass is 10.0. The summed E-state index contributed by atoms with van der Waals surface area (Å²) in [6, 6.07) is 4.64. The van der Waals surface area contributed by atoms with Gasteiger partial charge >= 0.3 is 29.9 Å². The van der Waals surface area contributed by atoms with Gasteiger partial charge in [-0.3, -0.25) is 4.79 Å². The SMILES string of the molecule is CCc1ccc(NC(=O)C(F)(F)C(F)(F)C(F)(F)C(F)(F)F)cc1. The lowest BCUT2D eigenvalue weighted by molar-refractivity contribution is -0.388. The third kappa shape index (κ3) is 3.29. The van der Waals surface area contributed by atoms with E-state index < -0.39 is 35.5 Å². The van der Waals surface area contributed by atoms with E-state index in [2.05, 4.69) is 0 Å². The summed E-state index contributed by atoms with van der Waals surface area (Å²) in [5.74, 6) is -23.4. The second kappa shape index (κ2) is 6.17.